The minimum atomic E-state index is -0.0959. The molecule has 3 nitrogen and oxygen atoms in total. The highest BCUT2D eigenvalue weighted by molar-refractivity contribution is 7.14. The van der Waals surface area contributed by atoms with Crippen molar-refractivity contribution >= 4 is 33.1 Å². The summed E-state index contributed by atoms with van der Waals surface area (Å²) < 4.78 is 0. The van der Waals surface area contributed by atoms with Crippen LogP contribution in [0.15, 0.2) is 89.3 Å². The van der Waals surface area contributed by atoms with Gasteiger partial charge in [-0.15, -0.1) is 11.3 Å². The van der Waals surface area contributed by atoms with E-state index in [1.54, 1.807) is 22.3 Å². The van der Waals surface area contributed by atoms with Gasteiger partial charge < -0.3 is 5.32 Å². The first-order valence-electron chi connectivity index (χ1n) is 13.8. The first kappa shape index (κ1) is 24.8. The lowest BCUT2D eigenvalue weighted by atomic mass is 9.58. The van der Waals surface area contributed by atoms with Crippen molar-refractivity contribution in [1.29, 1.82) is 0 Å². The van der Waals surface area contributed by atoms with Crippen molar-refractivity contribution in [3.8, 4) is 11.3 Å². The Morgan fingerprint density at radius 3 is 2.74 bits per heavy atom. The Balaban J connectivity index is 0.000000142. The quantitative estimate of drug-likeness (QED) is 0.294. The third-order valence-electron chi connectivity index (χ3n) is 8.30. The number of fused-ring (bicyclic) bond motifs is 2. The van der Waals surface area contributed by atoms with E-state index in [1.165, 1.54) is 53.9 Å². The van der Waals surface area contributed by atoms with Gasteiger partial charge >= 0.3 is 0 Å². The van der Waals surface area contributed by atoms with Gasteiger partial charge in [-0.05, 0) is 64.6 Å². The van der Waals surface area contributed by atoms with Crippen LogP contribution in [0.4, 0.5) is 5.13 Å². The number of allylic oxidation sites excluding steroid dienone is 4. The van der Waals surface area contributed by atoms with Gasteiger partial charge in [0.05, 0.1) is 5.69 Å². The predicted molar refractivity (Wildman–Crippen MR) is 160 cm³/mol. The fourth-order valence-electron chi connectivity index (χ4n) is 6.62. The standard InChI is InChI=1S/C17H16N2OS.C17H18/c1-3-12-7-8-14-13(9-12)5-4-6-15(14)16-10-21-17(19-16)18-11(2)20;1-11-10-16-12-6-2-4-8-14(12)17(11)15-9-5-3-7-13(15)16/h4-10H,3H2,1-2H3,(H,18,19,20);2,4-6,8-9,11,16-17H,3,7,10H2,1H3. The van der Waals surface area contributed by atoms with Gasteiger partial charge in [0.25, 0.3) is 0 Å². The number of carbonyl (C=O) groups excluding carboxylic acids is 1. The number of benzene rings is 3. The molecule has 4 aliphatic rings. The van der Waals surface area contributed by atoms with Gasteiger partial charge in [0.15, 0.2) is 5.13 Å². The Morgan fingerprint density at radius 1 is 1.08 bits per heavy atom. The minimum Gasteiger partial charge on any atom is -0.302 e. The Kier molecular flexibility index (Phi) is 6.75. The Labute approximate surface area is 229 Å². The number of thiazole rings is 1. The normalized spacial score (nSPS) is 21.0. The van der Waals surface area contributed by atoms with E-state index in [9.17, 15) is 4.79 Å². The zero-order chi connectivity index (χ0) is 26.2. The number of aryl methyl sites for hydroxylation is 1. The minimum absolute atomic E-state index is 0.0959. The van der Waals surface area contributed by atoms with Crippen molar-refractivity contribution in [2.45, 2.75) is 58.3 Å². The van der Waals surface area contributed by atoms with E-state index in [4.69, 9.17) is 0 Å². The SMILES string of the molecule is CC1CC2C3=C(C=CCC3)C1c1ccccc12.CCc1ccc2c(-c3csc(NC(C)=O)n3)cccc2c1. The Morgan fingerprint density at radius 2 is 1.92 bits per heavy atom. The number of anilines is 1. The summed E-state index contributed by atoms with van der Waals surface area (Å²) in [6.45, 7) is 6.08. The first-order valence-corrected chi connectivity index (χ1v) is 14.6. The maximum absolute atomic E-state index is 11.1. The van der Waals surface area contributed by atoms with Crippen LogP contribution in [0.5, 0.6) is 0 Å². The third-order valence-corrected chi connectivity index (χ3v) is 9.06. The fourth-order valence-corrected chi connectivity index (χ4v) is 7.37. The lowest BCUT2D eigenvalue weighted by Crippen LogP contribution is -2.31. The summed E-state index contributed by atoms with van der Waals surface area (Å²) in [5.74, 6) is 2.13. The van der Waals surface area contributed by atoms with E-state index in [0.29, 0.717) is 11.0 Å². The molecule has 0 fully saturated rings. The molecule has 0 aliphatic heterocycles. The molecule has 3 atom stereocenters. The van der Waals surface area contributed by atoms with Crippen LogP contribution in [0.2, 0.25) is 0 Å². The number of nitrogens with zero attached hydrogens (tertiary/aromatic N) is 1. The van der Waals surface area contributed by atoms with Gasteiger partial charge in [-0.25, -0.2) is 4.98 Å². The maximum Gasteiger partial charge on any atom is 0.223 e. The molecule has 0 saturated heterocycles. The topological polar surface area (TPSA) is 42.0 Å². The van der Waals surface area contributed by atoms with Gasteiger partial charge in [-0.3, -0.25) is 4.79 Å². The van der Waals surface area contributed by atoms with Gasteiger partial charge in [-0.1, -0.05) is 92.2 Å². The summed E-state index contributed by atoms with van der Waals surface area (Å²) in [6, 6.07) is 21.9. The molecule has 1 heterocycles. The summed E-state index contributed by atoms with van der Waals surface area (Å²) in [5, 5.41) is 7.76. The Hall–Kier alpha value is -3.50. The molecule has 1 N–H and O–H groups in total. The second-order valence-corrected chi connectivity index (χ2v) is 11.6. The van der Waals surface area contributed by atoms with E-state index in [2.05, 4.69) is 97.0 Å². The van der Waals surface area contributed by atoms with Crippen LogP contribution in [0.25, 0.3) is 22.0 Å². The average Bonchev–Trinajstić information content (AvgIpc) is 3.40. The van der Waals surface area contributed by atoms with Gasteiger partial charge in [0.2, 0.25) is 5.91 Å². The first-order chi connectivity index (χ1) is 18.5. The summed E-state index contributed by atoms with van der Waals surface area (Å²) in [7, 11) is 0. The molecule has 38 heavy (non-hydrogen) atoms. The van der Waals surface area contributed by atoms with Gasteiger partial charge in [0.1, 0.15) is 0 Å². The van der Waals surface area contributed by atoms with E-state index < -0.39 is 0 Å². The molecule has 2 bridgehead atoms. The number of aromatic nitrogens is 1. The smallest absolute Gasteiger partial charge is 0.223 e. The largest absolute Gasteiger partial charge is 0.302 e. The Bertz CT molecular complexity index is 1580. The van der Waals surface area contributed by atoms with Crippen molar-refractivity contribution in [2.24, 2.45) is 5.92 Å². The highest BCUT2D eigenvalue weighted by Crippen LogP contribution is 2.57. The monoisotopic (exact) mass is 518 g/mol. The molecule has 192 valence electrons. The lowest BCUT2D eigenvalue weighted by Gasteiger charge is -2.46. The van der Waals surface area contributed by atoms with Crippen molar-refractivity contribution in [3.05, 3.63) is 106 Å². The summed E-state index contributed by atoms with van der Waals surface area (Å²) in [6.07, 6.45) is 9.74. The highest BCUT2D eigenvalue weighted by Gasteiger charge is 2.42. The summed E-state index contributed by atoms with van der Waals surface area (Å²) in [4.78, 5) is 15.6. The summed E-state index contributed by atoms with van der Waals surface area (Å²) >= 11 is 1.45. The van der Waals surface area contributed by atoms with Crippen LogP contribution in [-0.4, -0.2) is 10.9 Å². The number of carbonyl (C=O) groups is 1. The molecule has 8 rings (SSSR count). The molecule has 3 unspecified atom stereocenters. The van der Waals surface area contributed by atoms with Crippen LogP contribution in [0.3, 0.4) is 0 Å². The van der Waals surface area contributed by atoms with Gasteiger partial charge in [0, 0.05) is 29.7 Å². The molecule has 0 saturated carbocycles. The van der Waals surface area contributed by atoms with Crippen LogP contribution in [-0.2, 0) is 11.2 Å². The molecular formula is C34H34N2OS. The zero-order valence-corrected chi connectivity index (χ0v) is 23.1. The number of rotatable bonds is 3. The maximum atomic E-state index is 11.1. The van der Waals surface area contributed by atoms with E-state index in [1.807, 2.05) is 5.38 Å². The van der Waals surface area contributed by atoms with Gasteiger partial charge in [-0.2, -0.15) is 0 Å². The van der Waals surface area contributed by atoms with Crippen molar-refractivity contribution in [1.82, 2.24) is 4.98 Å². The van der Waals surface area contributed by atoms with Crippen molar-refractivity contribution in [2.75, 3.05) is 5.32 Å². The second kappa shape index (κ2) is 10.3. The zero-order valence-electron chi connectivity index (χ0n) is 22.3. The molecule has 0 spiro atoms. The predicted octanol–water partition coefficient (Wildman–Crippen LogP) is 9.04. The van der Waals surface area contributed by atoms with Crippen LogP contribution >= 0.6 is 11.3 Å². The van der Waals surface area contributed by atoms with E-state index in [-0.39, 0.29) is 5.91 Å². The molecule has 4 aromatic rings. The molecule has 4 aliphatic carbocycles. The lowest BCUT2D eigenvalue weighted by molar-refractivity contribution is -0.114. The van der Waals surface area contributed by atoms with E-state index >= 15 is 0 Å². The number of amides is 1. The molecule has 3 aromatic carbocycles. The molecular weight excluding hydrogens is 484 g/mol. The summed E-state index contributed by atoms with van der Waals surface area (Å²) in [5.41, 5.74) is 10.00. The second-order valence-electron chi connectivity index (χ2n) is 10.7. The van der Waals surface area contributed by atoms with Crippen molar-refractivity contribution in [3.63, 3.8) is 0 Å². The van der Waals surface area contributed by atoms with Crippen LogP contribution in [0, 0.1) is 5.92 Å². The molecule has 1 amide bonds. The molecule has 0 radical (unpaired) electrons. The number of hydrogen-bond acceptors (Lipinski definition) is 3. The van der Waals surface area contributed by atoms with E-state index in [0.717, 1.165) is 29.5 Å². The van der Waals surface area contributed by atoms with Crippen molar-refractivity contribution < 1.29 is 4.79 Å². The third kappa shape index (κ3) is 4.52. The molecule has 4 heteroatoms. The van der Waals surface area contributed by atoms with Crippen LogP contribution < -0.4 is 5.32 Å². The number of hydrogen-bond donors (Lipinski definition) is 1. The molecule has 1 aromatic heterocycles. The highest BCUT2D eigenvalue weighted by atomic mass is 32.1. The van der Waals surface area contributed by atoms with Crippen LogP contribution in [0.1, 0.15) is 68.6 Å². The average molecular weight is 519 g/mol. The number of nitrogens with one attached hydrogen (secondary N) is 1. The fraction of sp³-hybridized carbons (Fsp3) is 0.294.